The molecule has 0 aliphatic heterocycles. The molecule has 0 spiro atoms. The predicted octanol–water partition coefficient (Wildman–Crippen LogP) is 3.51. The molecule has 0 unspecified atom stereocenters. The maximum atomic E-state index is 12.2. The predicted molar refractivity (Wildman–Crippen MR) is 90.4 cm³/mol. The molecular weight excluding hydrogens is 310 g/mol. The largest absolute Gasteiger partial charge is 0.348 e. The molecule has 0 bridgehead atoms. The van der Waals surface area contributed by atoms with Crippen LogP contribution in [0.2, 0.25) is 5.02 Å². The molecule has 0 atom stereocenters. The van der Waals surface area contributed by atoms with Crippen molar-refractivity contribution in [2.75, 3.05) is 0 Å². The highest BCUT2D eigenvalue weighted by Crippen LogP contribution is 2.16. The lowest BCUT2D eigenvalue weighted by Gasteiger charge is -2.04. The summed E-state index contributed by atoms with van der Waals surface area (Å²) in [6.07, 6.45) is 3.29. The molecule has 0 fully saturated rings. The molecule has 0 saturated carbocycles. The van der Waals surface area contributed by atoms with Gasteiger partial charge in [-0.05, 0) is 17.2 Å². The van der Waals surface area contributed by atoms with E-state index in [9.17, 15) is 4.79 Å². The van der Waals surface area contributed by atoms with Gasteiger partial charge in [-0.1, -0.05) is 60.1 Å². The Labute approximate surface area is 139 Å². The lowest BCUT2D eigenvalue weighted by molar-refractivity contribution is 0.0951. The molecule has 0 aliphatic rings. The van der Waals surface area contributed by atoms with Crippen molar-refractivity contribution in [1.82, 2.24) is 15.1 Å². The van der Waals surface area contributed by atoms with Crippen LogP contribution in [0, 0.1) is 0 Å². The van der Waals surface area contributed by atoms with Gasteiger partial charge >= 0.3 is 0 Å². The van der Waals surface area contributed by atoms with E-state index >= 15 is 0 Å². The van der Waals surface area contributed by atoms with Crippen molar-refractivity contribution < 1.29 is 4.79 Å². The molecule has 1 amide bonds. The van der Waals surface area contributed by atoms with E-state index < -0.39 is 0 Å². The summed E-state index contributed by atoms with van der Waals surface area (Å²) >= 11 is 6.14. The van der Waals surface area contributed by atoms with Crippen LogP contribution in [0.3, 0.4) is 0 Å². The summed E-state index contributed by atoms with van der Waals surface area (Å²) in [6.45, 7) is 1.03. The van der Waals surface area contributed by atoms with Crippen LogP contribution in [0.5, 0.6) is 0 Å². The van der Waals surface area contributed by atoms with Gasteiger partial charge in [-0.25, -0.2) is 0 Å². The van der Waals surface area contributed by atoms with Gasteiger partial charge in [0.1, 0.15) is 0 Å². The lowest BCUT2D eigenvalue weighted by atomic mass is 10.2. The number of halogens is 1. The fourth-order valence-corrected chi connectivity index (χ4v) is 2.44. The third-order valence-corrected chi connectivity index (χ3v) is 3.85. The highest BCUT2D eigenvalue weighted by molar-refractivity contribution is 6.31. The van der Waals surface area contributed by atoms with Crippen molar-refractivity contribution >= 4 is 17.5 Å². The summed E-state index contributed by atoms with van der Waals surface area (Å²) in [5.41, 5.74) is 2.56. The Balaban J connectivity index is 1.62. The first-order valence-electron chi connectivity index (χ1n) is 7.30. The molecule has 3 rings (SSSR count). The minimum atomic E-state index is -0.140. The minimum absolute atomic E-state index is 0.140. The zero-order valence-corrected chi connectivity index (χ0v) is 13.2. The standard InChI is InChI=1S/C18H16ClN3O/c19-17-9-5-4-8-15(17)12-22-13-16(11-21-22)18(23)20-10-14-6-2-1-3-7-14/h1-9,11,13H,10,12H2,(H,20,23). The van der Waals surface area contributed by atoms with Gasteiger partial charge < -0.3 is 5.32 Å². The number of aromatic nitrogens is 2. The van der Waals surface area contributed by atoms with E-state index in [1.54, 1.807) is 17.1 Å². The fourth-order valence-electron chi connectivity index (χ4n) is 2.25. The van der Waals surface area contributed by atoms with Crippen LogP contribution < -0.4 is 5.32 Å². The number of carbonyl (C=O) groups is 1. The van der Waals surface area contributed by atoms with Crippen LogP contribution in [-0.2, 0) is 13.1 Å². The van der Waals surface area contributed by atoms with E-state index in [-0.39, 0.29) is 5.91 Å². The van der Waals surface area contributed by atoms with Gasteiger partial charge in [0.25, 0.3) is 5.91 Å². The number of nitrogens with one attached hydrogen (secondary N) is 1. The molecule has 2 aromatic carbocycles. The maximum absolute atomic E-state index is 12.2. The first-order chi connectivity index (χ1) is 11.2. The van der Waals surface area contributed by atoms with Gasteiger partial charge in [-0.15, -0.1) is 0 Å². The topological polar surface area (TPSA) is 46.9 Å². The third-order valence-electron chi connectivity index (χ3n) is 3.48. The van der Waals surface area contributed by atoms with Crippen molar-refractivity contribution in [2.45, 2.75) is 13.1 Å². The summed E-state index contributed by atoms with van der Waals surface area (Å²) in [5.74, 6) is -0.140. The number of hydrogen-bond acceptors (Lipinski definition) is 2. The monoisotopic (exact) mass is 325 g/mol. The number of benzene rings is 2. The molecule has 1 aromatic heterocycles. The van der Waals surface area contributed by atoms with E-state index in [2.05, 4.69) is 10.4 Å². The van der Waals surface area contributed by atoms with Crippen molar-refractivity contribution in [3.8, 4) is 0 Å². The smallest absolute Gasteiger partial charge is 0.254 e. The summed E-state index contributed by atoms with van der Waals surface area (Å²) in [6, 6.07) is 17.4. The zero-order chi connectivity index (χ0) is 16.1. The van der Waals surface area contributed by atoms with E-state index in [0.717, 1.165) is 11.1 Å². The van der Waals surface area contributed by atoms with Crippen molar-refractivity contribution in [1.29, 1.82) is 0 Å². The van der Waals surface area contributed by atoms with Crippen molar-refractivity contribution in [2.24, 2.45) is 0 Å². The first-order valence-corrected chi connectivity index (χ1v) is 7.68. The van der Waals surface area contributed by atoms with Crippen LogP contribution >= 0.6 is 11.6 Å². The summed E-state index contributed by atoms with van der Waals surface area (Å²) < 4.78 is 1.71. The van der Waals surface area contributed by atoms with Crippen LogP contribution in [-0.4, -0.2) is 15.7 Å². The minimum Gasteiger partial charge on any atom is -0.348 e. The molecular formula is C18H16ClN3O. The Kier molecular flexibility index (Phi) is 4.74. The highest BCUT2D eigenvalue weighted by Gasteiger charge is 2.09. The molecule has 5 heteroatoms. The Morgan fingerprint density at radius 1 is 1.09 bits per heavy atom. The van der Waals surface area contributed by atoms with Gasteiger partial charge in [0.05, 0.1) is 18.3 Å². The molecule has 1 heterocycles. The number of hydrogen-bond donors (Lipinski definition) is 1. The fraction of sp³-hybridized carbons (Fsp3) is 0.111. The van der Waals surface area contributed by atoms with Crippen LogP contribution in [0.25, 0.3) is 0 Å². The molecule has 4 nitrogen and oxygen atoms in total. The van der Waals surface area contributed by atoms with E-state index in [1.165, 1.54) is 0 Å². The second-order valence-electron chi connectivity index (χ2n) is 5.19. The Morgan fingerprint density at radius 3 is 2.61 bits per heavy atom. The molecule has 0 aliphatic carbocycles. The molecule has 1 N–H and O–H groups in total. The van der Waals surface area contributed by atoms with Crippen LogP contribution in [0.15, 0.2) is 67.0 Å². The second kappa shape index (κ2) is 7.11. The van der Waals surface area contributed by atoms with Gasteiger partial charge in [0.15, 0.2) is 0 Å². The lowest BCUT2D eigenvalue weighted by Crippen LogP contribution is -2.22. The summed E-state index contributed by atoms with van der Waals surface area (Å²) in [7, 11) is 0. The Bertz CT molecular complexity index is 799. The van der Waals surface area contributed by atoms with E-state index in [1.807, 2.05) is 54.6 Å². The number of amides is 1. The Hall–Kier alpha value is -2.59. The summed E-state index contributed by atoms with van der Waals surface area (Å²) in [5, 5.41) is 7.80. The van der Waals surface area contributed by atoms with Gasteiger partial charge in [-0.3, -0.25) is 9.48 Å². The highest BCUT2D eigenvalue weighted by atomic mass is 35.5. The molecule has 0 radical (unpaired) electrons. The number of rotatable bonds is 5. The number of nitrogens with zero attached hydrogens (tertiary/aromatic N) is 2. The second-order valence-corrected chi connectivity index (χ2v) is 5.59. The van der Waals surface area contributed by atoms with Crippen molar-refractivity contribution in [3.05, 3.63) is 88.7 Å². The molecule has 23 heavy (non-hydrogen) atoms. The average molecular weight is 326 g/mol. The first kappa shape index (κ1) is 15.3. The maximum Gasteiger partial charge on any atom is 0.254 e. The average Bonchev–Trinajstić information content (AvgIpc) is 3.04. The summed E-state index contributed by atoms with van der Waals surface area (Å²) in [4.78, 5) is 12.2. The van der Waals surface area contributed by atoms with Gasteiger partial charge in [-0.2, -0.15) is 5.10 Å². The molecule has 0 saturated heterocycles. The van der Waals surface area contributed by atoms with E-state index in [0.29, 0.717) is 23.7 Å². The molecule has 116 valence electrons. The Morgan fingerprint density at radius 2 is 1.83 bits per heavy atom. The van der Waals surface area contributed by atoms with Crippen molar-refractivity contribution in [3.63, 3.8) is 0 Å². The van der Waals surface area contributed by atoms with Crippen LogP contribution in [0.1, 0.15) is 21.5 Å². The zero-order valence-electron chi connectivity index (χ0n) is 12.4. The quantitative estimate of drug-likeness (QED) is 0.780. The SMILES string of the molecule is O=C(NCc1ccccc1)c1cnn(Cc2ccccc2Cl)c1. The number of carbonyl (C=O) groups excluding carboxylic acids is 1. The molecule has 3 aromatic rings. The van der Waals surface area contributed by atoms with Gasteiger partial charge in [0.2, 0.25) is 0 Å². The van der Waals surface area contributed by atoms with Gasteiger partial charge in [0, 0.05) is 17.8 Å². The normalized spacial score (nSPS) is 10.5. The van der Waals surface area contributed by atoms with Crippen LogP contribution in [0.4, 0.5) is 0 Å². The third kappa shape index (κ3) is 3.99. The van der Waals surface area contributed by atoms with E-state index in [4.69, 9.17) is 11.6 Å².